The van der Waals surface area contributed by atoms with E-state index in [1.807, 2.05) is 12.3 Å². The molecule has 0 aliphatic carbocycles. The van der Waals surface area contributed by atoms with E-state index in [4.69, 9.17) is 5.73 Å². The van der Waals surface area contributed by atoms with Crippen LogP contribution in [0.1, 0.15) is 36.1 Å². The minimum Gasteiger partial charge on any atom is -0.398 e. The summed E-state index contributed by atoms with van der Waals surface area (Å²) in [5.74, 6) is 0. The average molecular weight is 269 g/mol. The minimum atomic E-state index is 0.280. The molecule has 3 N–H and O–H groups in total. The molecule has 0 saturated carbocycles. The summed E-state index contributed by atoms with van der Waals surface area (Å²) in [5, 5.41) is 3.60. The molecule has 0 bridgehead atoms. The number of nitrogens with zero attached hydrogens (tertiary/aromatic N) is 1. The summed E-state index contributed by atoms with van der Waals surface area (Å²) in [6.45, 7) is 5.29. The van der Waals surface area contributed by atoms with Crippen molar-refractivity contribution in [3.8, 4) is 0 Å². The second kappa shape index (κ2) is 7.06. The van der Waals surface area contributed by atoms with Crippen molar-refractivity contribution in [3.05, 3.63) is 59.4 Å². The predicted molar refractivity (Wildman–Crippen MR) is 84.6 cm³/mol. The largest absolute Gasteiger partial charge is 0.398 e. The number of nitrogens with two attached hydrogens (primary N) is 1. The number of anilines is 1. The van der Waals surface area contributed by atoms with Crippen LogP contribution in [0, 0.1) is 6.92 Å². The molecule has 1 atom stereocenters. The molecule has 0 aliphatic rings. The van der Waals surface area contributed by atoms with Crippen LogP contribution in [0.15, 0.2) is 42.7 Å². The van der Waals surface area contributed by atoms with Gasteiger partial charge in [0, 0.05) is 24.1 Å². The van der Waals surface area contributed by atoms with Crippen LogP contribution in [0.2, 0.25) is 0 Å². The van der Waals surface area contributed by atoms with Crippen molar-refractivity contribution in [2.75, 3.05) is 12.3 Å². The third-order valence-electron chi connectivity index (χ3n) is 3.49. The van der Waals surface area contributed by atoms with Crippen molar-refractivity contribution in [2.24, 2.45) is 0 Å². The van der Waals surface area contributed by atoms with Crippen LogP contribution in [-0.2, 0) is 6.42 Å². The Bertz CT molecular complexity index is 534. The zero-order valence-electron chi connectivity index (χ0n) is 12.3. The highest BCUT2D eigenvalue weighted by Crippen LogP contribution is 2.21. The Kier molecular flexibility index (Phi) is 5.13. The molecule has 0 amide bonds. The normalized spacial score (nSPS) is 12.3. The molecule has 0 saturated heterocycles. The van der Waals surface area contributed by atoms with Crippen LogP contribution < -0.4 is 11.1 Å². The zero-order chi connectivity index (χ0) is 14.4. The number of aryl methyl sites for hydroxylation is 1. The van der Waals surface area contributed by atoms with E-state index in [9.17, 15) is 0 Å². The van der Waals surface area contributed by atoms with Gasteiger partial charge in [0.05, 0.1) is 0 Å². The molecule has 106 valence electrons. The number of benzene rings is 1. The Labute approximate surface area is 121 Å². The van der Waals surface area contributed by atoms with Crippen LogP contribution in [0.25, 0.3) is 0 Å². The van der Waals surface area contributed by atoms with E-state index in [0.717, 1.165) is 30.6 Å². The molecule has 1 aromatic carbocycles. The molecule has 3 heteroatoms. The molecule has 2 aromatic rings. The second-order valence-electron chi connectivity index (χ2n) is 5.20. The molecule has 0 aliphatic heterocycles. The van der Waals surface area contributed by atoms with Crippen molar-refractivity contribution in [2.45, 2.75) is 32.7 Å². The summed E-state index contributed by atoms with van der Waals surface area (Å²) in [5.41, 5.74) is 10.5. The maximum absolute atomic E-state index is 6.03. The summed E-state index contributed by atoms with van der Waals surface area (Å²) >= 11 is 0. The van der Waals surface area contributed by atoms with Gasteiger partial charge < -0.3 is 11.1 Å². The van der Waals surface area contributed by atoms with Gasteiger partial charge in [0.1, 0.15) is 0 Å². The van der Waals surface area contributed by atoms with E-state index in [1.165, 1.54) is 11.1 Å². The Morgan fingerprint density at radius 3 is 2.60 bits per heavy atom. The molecule has 1 aromatic heterocycles. The maximum Gasteiger partial charge on any atom is 0.0378 e. The summed E-state index contributed by atoms with van der Waals surface area (Å²) in [6.07, 6.45) is 5.58. The Morgan fingerprint density at radius 1 is 1.20 bits per heavy atom. The standard InChI is InChI=1S/C17H23N3/c1-3-9-20-17(14-6-4-13(2)5-7-14)11-15-12-19-10-8-16(15)18/h4-8,10,12,17,20H,3,9,11H2,1-2H3,(H2,18,19). The van der Waals surface area contributed by atoms with E-state index in [-0.39, 0.29) is 6.04 Å². The topological polar surface area (TPSA) is 50.9 Å². The van der Waals surface area contributed by atoms with Crippen LogP contribution in [0.3, 0.4) is 0 Å². The SMILES string of the molecule is CCCNC(Cc1cnccc1N)c1ccc(C)cc1. The number of nitrogens with one attached hydrogen (secondary N) is 1. The molecule has 0 fully saturated rings. The molecule has 0 radical (unpaired) electrons. The van der Waals surface area contributed by atoms with Gasteiger partial charge in [-0.3, -0.25) is 4.98 Å². The number of nitrogen functional groups attached to an aromatic ring is 1. The highest BCUT2D eigenvalue weighted by atomic mass is 14.9. The fourth-order valence-corrected chi connectivity index (χ4v) is 2.25. The fourth-order valence-electron chi connectivity index (χ4n) is 2.25. The van der Waals surface area contributed by atoms with Crippen molar-refractivity contribution >= 4 is 5.69 Å². The van der Waals surface area contributed by atoms with Crippen LogP contribution in [0.4, 0.5) is 5.69 Å². The zero-order valence-corrected chi connectivity index (χ0v) is 12.3. The molecular formula is C17H23N3. The third-order valence-corrected chi connectivity index (χ3v) is 3.49. The van der Waals surface area contributed by atoms with Crippen LogP contribution >= 0.6 is 0 Å². The number of pyridine rings is 1. The highest BCUT2D eigenvalue weighted by molar-refractivity contribution is 5.45. The smallest absolute Gasteiger partial charge is 0.0378 e. The lowest BCUT2D eigenvalue weighted by Crippen LogP contribution is -2.24. The lowest BCUT2D eigenvalue weighted by atomic mass is 9.98. The van der Waals surface area contributed by atoms with Gasteiger partial charge in [0.25, 0.3) is 0 Å². The first-order chi connectivity index (χ1) is 9.70. The number of hydrogen-bond acceptors (Lipinski definition) is 3. The van der Waals surface area contributed by atoms with E-state index in [0.29, 0.717) is 0 Å². The molecule has 20 heavy (non-hydrogen) atoms. The van der Waals surface area contributed by atoms with Gasteiger partial charge in [-0.2, -0.15) is 0 Å². The Balaban J connectivity index is 2.19. The first-order valence-electron chi connectivity index (χ1n) is 7.19. The van der Waals surface area contributed by atoms with E-state index in [2.05, 4.69) is 48.4 Å². The van der Waals surface area contributed by atoms with Crippen molar-refractivity contribution in [1.82, 2.24) is 10.3 Å². The van der Waals surface area contributed by atoms with Crippen LogP contribution in [-0.4, -0.2) is 11.5 Å². The van der Waals surface area contributed by atoms with Gasteiger partial charge in [-0.05, 0) is 43.5 Å². The summed E-state index contributed by atoms with van der Waals surface area (Å²) in [4.78, 5) is 4.18. The van der Waals surface area contributed by atoms with Gasteiger partial charge in [0.15, 0.2) is 0 Å². The molecular weight excluding hydrogens is 246 g/mol. The van der Waals surface area contributed by atoms with E-state index in [1.54, 1.807) is 6.20 Å². The van der Waals surface area contributed by atoms with E-state index >= 15 is 0 Å². The van der Waals surface area contributed by atoms with Gasteiger partial charge >= 0.3 is 0 Å². The Morgan fingerprint density at radius 2 is 1.95 bits per heavy atom. The lowest BCUT2D eigenvalue weighted by molar-refractivity contribution is 0.529. The monoisotopic (exact) mass is 269 g/mol. The first kappa shape index (κ1) is 14.5. The molecule has 1 heterocycles. The molecule has 1 unspecified atom stereocenters. The van der Waals surface area contributed by atoms with Crippen molar-refractivity contribution < 1.29 is 0 Å². The van der Waals surface area contributed by atoms with Gasteiger partial charge in [-0.25, -0.2) is 0 Å². The summed E-state index contributed by atoms with van der Waals surface area (Å²) in [6, 6.07) is 10.8. The summed E-state index contributed by atoms with van der Waals surface area (Å²) < 4.78 is 0. The van der Waals surface area contributed by atoms with Crippen molar-refractivity contribution in [1.29, 1.82) is 0 Å². The van der Waals surface area contributed by atoms with Gasteiger partial charge in [-0.15, -0.1) is 0 Å². The molecule has 3 nitrogen and oxygen atoms in total. The lowest BCUT2D eigenvalue weighted by Gasteiger charge is -2.20. The van der Waals surface area contributed by atoms with Gasteiger partial charge in [0.2, 0.25) is 0 Å². The first-order valence-corrected chi connectivity index (χ1v) is 7.19. The van der Waals surface area contributed by atoms with Crippen LogP contribution in [0.5, 0.6) is 0 Å². The number of aromatic nitrogens is 1. The number of hydrogen-bond donors (Lipinski definition) is 2. The quantitative estimate of drug-likeness (QED) is 0.846. The minimum absolute atomic E-state index is 0.280. The average Bonchev–Trinajstić information content (AvgIpc) is 2.46. The van der Waals surface area contributed by atoms with E-state index < -0.39 is 0 Å². The number of rotatable bonds is 6. The van der Waals surface area contributed by atoms with Crippen molar-refractivity contribution in [3.63, 3.8) is 0 Å². The third kappa shape index (κ3) is 3.81. The molecule has 0 spiro atoms. The molecule has 2 rings (SSSR count). The Hall–Kier alpha value is -1.87. The summed E-state index contributed by atoms with van der Waals surface area (Å²) in [7, 11) is 0. The van der Waals surface area contributed by atoms with Gasteiger partial charge in [-0.1, -0.05) is 36.8 Å². The second-order valence-corrected chi connectivity index (χ2v) is 5.20. The maximum atomic E-state index is 6.03. The predicted octanol–water partition coefficient (Wildman–Crippen LogP) is 3.26. The highest BCUT2D eigenvalue weighted by Gasteiger charge is 2.13. The fraction of sp³-hybridized carbons (Fsp3) is 0.353.